The van der Waals surface area contributed by atoms with E-state index >= 15 is 0 Å². The minimum atomic E-state index is -3.52. The quantitative estimate of drug-likeness (QED) is 0.321. The van der Waals surface area contributed by atoms with Gasteiger partial charge in [-0.3, -0.25) is 0 Å². The number of carbonyl (C=O) groups is 2. The topological polar surface area (TPSA) is 91.3 Å². The van der Waals surface area contributed by atoms with E-state index in [1.807, 2.05) is 6.92 Å². The van der Waals surface area contributed by atoms with Crippen LogP contribution in [0.25, 0.3) is 0 Å². The van der Waals surface area contributed by atoms with Crippen molar-refractivity contribution >= 4 is 11.9 Å². The van der Waals surface area contributed by atoms with Crippen molar-refractivity contribution in [2.24, 2.45) is 29.6 Å². The van der Waals surface area contributed by atoms with Crippen molar-refractivity contribution in [1.29, 1.82) is 0 Å². The van der Waals surface area contributed by atoms with E-state index < -0.39 is 34.7 Å². The first-order valence-electron chi connectivity index (χ1n) is 14.6. The number of esters is 2. The van der Waals surface area contributed by atoms with Crippen LogP contribution < -0.4 is 0 Å². The fraction of sp³-hybridized carbons (Fsp3) is 0.931. The Morgan fingerprint density at radius 1 is 0.868 bits per heavy atom. The lowest BCUT2D eigenvalue weighted by molar-refractivity contribution is -0.262. The maximum atomic E-state index is 13.7. The molecular formula is C29H42F2O7. The fourth-order valence-electron chi connectivity index (χ4n) is 10.2. The van der Waals surface area contributed by atoms with E-state index in [9.17, 15) is 23.5 Å². The Labute approximate surface area is 223 Å². The second-order valence-corrected chi connectivity index (χ2v) is 13.8. The molecule has 0 radical (unpaired) electrons. The molecule has 0 saturated heterocycles. The van der Waals surface area contributed by atoms with Crippen molar-refractivity contribution in [3.63, 3.8) is 0 Å². The lowest BCUT2D eigenvalue weighted by Gasteiger charge is -2.64. The predicted octanol–water partition coefficient (Wildman–Crippen LogP) is 4.57. The predicted molar refractivity (Wildman–Crippen MR) is 131 cm³/mol. The smallest absolute Gasteiger partial charge is 0.377 e. The van der Waals surface area contributed by atoms with E-state index in [4.69, 9.17) is 18.9 Å². The molecule has 0 spiro atoms. The summed E-state index contributed by atoms with van der Waals surface area (Å²) in [6.07, 6.45) is 9.81. The van der Waals surface area contributed by atoms with Gasteiger partial charge in [-0.2, -0.15) is 8.78 Å². The highest BCUT2D eigenvalue weighted by atomic mass is 19.3. The molecule has 0 aromatic heterocycles. The zero-order valence-electron chi connectivity index (χ0n) is 22.6. The van der Waals surface area contributed by atoms with Crippen molar-refractivity contribution in [3.8, 4) is 0 Å². The Morgan fingerprint density at radius 2 is 1.50 bits per heavy atom. The van der Waals surface area contributed by atoms with Crippen LogP contribution in [0.3, 0.4) is 0 Å². The summed E-state index contributed by atoms with van der Waals surface area (Å²) in [6, 6.07) is 0. The summed E-state index contributed by atoms with van der Waals surface area (Å²) in [4.78, 5) is 24.7. The summed E-state index contributed by atoms with van der Waals surface area (Å²) in [5.74, 6) is -4.06. The SMILES string of the molecule is CCC1(OC(=O)C(C)(F)F)C2CC3CC1CC(OCC(=O)OCCOC14CC5CC(CC(O)(C5)C1)C4)(C3)C2. The highest BCUT2D eigenvalue weighted by Gasteiger charge is 2.65. The third-order valence-corrected chi connectivity index (χ3v) is 10.9. The van der Waals surface area contributed by atoms with Gasteiger partial charge in [0.05, 0.1) is 23.4 Å². The Balaban J connectivity index is 0.993. The monoisotopic (exact) mass is 540 g/mol. The van der Waals surface area contributed by atoms with Gasteiger partial charge in [-0.25, -0.2) is 9.59 Å². The number of hydrogen-bond acceptors (Lipinski definition) is 7. The van der Waals surface area contributed by atoms with Gasteiger partial charge in [0, 0.05) is 25.2 Å². The molecule has 8 rings (SSSR count). The largest absolute Gasteiger partial charge is 0.462 e. The van der Waals surface area contributed by atoms with Crippen molar-refractivity contribution in [2.75, 3.05) is 19.8 Å². The van der Waals surface area contributed by atoms with E-state index in [0.29, 0.717) is 57.0 Å². The van der Waals surface area contributed by atoms with Crippen LogP contribution in [-0.2, 0) is 28.5 Å². The minimum Gasteiger partial charge on any atom is -0.462 e. The summed E-state index contributed by atoms with van der Waals surface area (Å²) < 4.78 is 50.9. The highest BCUT2D eigenvalue weighted by Crippen LogP contribution is 2.63. The summed E-state index contributed by atoms with van der Waals surface area (Å²) in [6.45, 7) is 2.79. The molecule has 1 N–H and O–H groups in total. The zero-order chi connectivity index (χ0) is 27.0. The maximum absolute atomic E-state index is 13.7. The molecule has 8 bridgehead atoms. The van der Waals surface area contributed by atoms with Crippen LogP contribution in [0.2, 0.25) is 0 Å². The Hall–Kier alpha value is -1.32. The fourth-order valence-corrected chi connectivity index (χ4v) is 10.2. The maximum Gasteiger partial charge on any atom is 0.377 e. The van der Waals surface area contributed by atoms with Gasteiger partial charge < -0.3 is 24.1 Å². The Kier molecular flexibility index (Phi) is 6.44. The Bertz CT molecular complexity index is 931. The first-order chi connectivity index (χ1) is 17.9. The molecule has 8 aliphatic carbocycles. The molecule has 9 heteroatoms. The molecule has 0 heterocycles. The number of halogens is 2. The first kappa shape index (κ1) is 26.9. The van der Waals surface area contributed by atoms with Gasteiger partial charge in [0.2, 0.25) is 0 Å². The summed E-state index contributed by atoms with van der Waals surface area (Å²) in [5, 5.41) is 10.9. The van der Waals surface area contributed by atoms with Crippen molar-refractivity contribution in [1.82, 2.24) is 0 Å². The molecule has 7 nitrogen and oxygen atoms in total. The lowest BCUT2D eigenvalue weighted by Crippen LogP contribution is -2.66. The molecule has 8 aliphatic rings. The molecular weight excluding hydrogens is 498 g/mol. The third kappa shape index (κ3) is 4.68. The number of alkyl halides is 2. The molecule has 0 aromatic rings. The normalized spacial score (nSPS) is 46.4. The third-order valence-electron chi connectivity index (χ3n) is 10.9. The van der Waals surface area contributed by atoms with Gasteiger partial charge in [-0.1, -0.05) is 6.92 Å². The lowest BCUT2D eigenvalue weighted by atomic mass is 9.47. The number of hydrogen-bond donors (Lipinski definition) is 1. The minimum absolute atomic E-state index is 0.0513. The molecule has 4 atom stereocenters. The van der Waals surface area contributed by atoms with Crippen LogP contribution in [0.1, 0.15) is 90.9 Å². The van der Waals surface area contributed by atoms with Gasteiger partial charge in [0.1, 0.15) is 18.8 Å². The van der Waals surface area contributed by atoms with Crippen molar-refractivity contribution in [2.45, 2.75) is 119 Å². The van der Waals surface area contributed by atoms with Gasteiger partial charge in [0.15, 0.2) is 0 Å². The van der Waals surface area contributed by atoms with Gasteiger partial charge in [-0.15, -0.1) is 0 Å². The molecule has 38 heavy (non-hydrogen) atoms. The van der Waals surface area contributed by atoms with Crippen LogP contribution >= 0.6 is 0 Å². The van der Waals surface area contributed by atoms with Crippen LogP contribution in [0.5, 0.6) is 0 Å². The number of rotatable bonds is 10. The second kappa shape index (κ2) is 9.10. The van der Waals surface area contributed by atoms with E-state index in [0.717, 1.165) is 44.9 Å². The molecule has 8 saturated carbocycles. The van der Waals surface area contributed by atoms with Crippen LogP contribution in [0.4, 0.5) is 8.78 Å². The molecule has 214 valence electrons. The Morgan fingerprint density at radius 3 is 2.08 bits per heavy atom. The van der Waals surface area contributed by atoms with Crippen LogP contribution in [0.15, 0.2) is 0 Å². The molecule has 0 aliphatic heterocycles. The number of aliphatic hydroxyl groups is 1. The summed E-state index contributed by atoms with van der Waals surface area (Å²) in [7, 11) is 0. The average molecular weight is 541 g/mol. The van der Waals surface area contributed by atoms with Gasteiger partial charge in [-0.05, 0) is 88.4 Å². The highest BCUT2D eigenvalue weighted by molar-refractivity contribution is 5.77. The molecule has 8 fully saturated rings. The van der Waals surface area contributed by atoms with E-state index in [1.165, 1.54) is 6.42 Å². The van der Waals surface area contributed by atoms with Crippen molar-refractivity contribution in [3.05, 3.63) is 0 Å². The molecule has 4 unspecified atom stereocenters. The molecule has 0 amide bonds. The van der Waals surface area contributed by atoms with Crippen molar-refractivity contribution < 1.29 is 42.4 Å². The number of ether oxygens (including phenoxy) is 4. The van der Waals surface area contributed by atoms with E-state index in [-0.39, 0.29) is 30.7 Å². The zero-order valence-corrected chi connectivity index (χ0v) is 22.6. The second-order valence-electron chi connectivity index (χ2n) is 13.8. The van der Waals surface area contributed by atoms with Crippen LogP contribution in [-0.4, -0.2) is 65.2 Å². The first-order valence-corrected chi connectivity index (χ1v) is 14.6. The van der Waals surface area contributed by atoms with Gasteiger partial charge in [0.25, 0.3) is 0 Å². The van der Waals surface area contributed by atoms with Crippen LogP contribution in [0, 0.1) is 29.6 Å². The standard InChI is InChI=1S/C29H42F2O7/c1-3-29(38-24(33)25(2,30)31)21-7-18-8-22(29)15-27(11-18,14-21)37-16-23(32)35-4-5-36-28-12-19-6-20(13-28)10-26(34,9-19)17-28/h18-22,34H,3-17H2,1-2H3. The summed E-state index contributed by atoms with van der Waals surface area (Å²) >= 11 is 0. The number of carbonyl (C=O) groups excluding carboxylic acids is 2. The summed E-state index contributed by atoms with van der Waals surface area (Å²) in [5.41, 5.74) is -2.25. The van der Waals surface area contributed by atoms with Gasteiger partial charge >= 0.3 is 17.9 Å². The average Bonchev–Trinajstić information content (AvgIpc) is 2.80. The van der Waals surface area contributed by atoms with E-state index in [2.05, 4.69) is 0 Å². The van der Waals surface area contributed by atoms with E-state index in [1.54, 1.807) is 0 Å². The molecule has 0 aromatic carbocycles.